The van der Waals surface area contributed by atoms with Crippen LogP contribution in [0.15, 0.2) is 18.2 Å². The van der Waals surface area contributed by atoms with Crippen molar-refractivity contribution >= 4 is 11.9 Å². The van der Waals surface area contributed by atoms with Gasteiger partial charge in [-0.3, -0.25) is 9.59 Å². The molecule has 0 saturated heterocycles. The standard InChI is InChI=1S/C21H33NO4/c1-17-12-11-13-18(2)21(17)26-16-19(23)22-15-10-8-6-4-3-5-7-9-14-20(24)25/h11-13H,3-10,14-16H2,1-2H3,(H,22,23)(H,24,25). The number of nitrogens with one attached hydrogen (secondary N) is 1. The highest BCUT2D eigenvalue weighted by atomic mass is 16.5. The fraction of sp³-hybridized carbons (Fsp3) is 0.619. The van der Waals surface area contributed by atoms with E-state index in [1.807, 2.05) is 32.0 Å². The van der Waals surface area contributed by atoms with Gasteiger partial charge in [0, 0.05) is 13.0 Å². The molecule has 1 aromatic rings. The maximum Gasteiger partial charge on any atom is 0.303 e. The van der Waals surface area contributed by atoms with Crippen LogP contribution in [-0.2, 0) is 9.59 Å². The number of aryl methyl sites for hydroxylation is 2. The number of carbonyl (C=O) groups excluding carboxylic acids is 1. The number of aliphatic carboxylic acids is 1. The number of hydrogen-bond donors (Lipinski definition) is 2. The second-order valence-corrected chi connectivity index (χ2v) is 6.83. The lowest BCUT2D eigenvalue weighted by atomic mass is 10.1. The monoisotopic (exact) mass is 363 g/mol. The summed E-state index contributed by atoms with van der Waals surface area (Å²) in [6.07, 6.45) is 8.77. The Morgan fingerprint density at radius 1 is 0.923 bits per heavy atom. The molecule has 0 unspecified atom stereocenters. The van der Waals surface area contributed by atoms with Crippen molar-refractivity contribution < 1.29 is 19.4 Å². The summed E-state index contributed by atoms with van der Waals surface area (Å²) >= 11 is 0. The van der Waals surface area contributed by atoms with Gasteiger partial charge in [0.25, 0.3) is 5.91 Å². The Labute approximate surface area is 157 Å². The molecule has 0 bridgehead atoms. The first-order valence-electron chi connectivity index (χ1n) is 9.68. The quantitative estimate of drug-likeness (QED) is 0.481. The molecule has 0 atom stereocenters. The zero-order valence-electron chi connectivity index (χ0n) is 16.2. The zero-order chi connectivity index (χ0) is 19.2. The van der Waals surface area contributed by atoms with Crippen molar-refractivity contribution in [3.8, 4) is 5.75 Å². The van der Waals surface area contributed by atoms with Crippen LogP contribution in [0.25, 0.3) is 0 Å². The summed E-state index contributed by atoms with van der Waals surface area (Å²) in [5.74, 6) is 0.0172. The number of hydrogen-bond acceptors (Lipinski definition) is 3. The molecule has 1 amide bonds. The second kappa shape index (κ2) is 13.2. The maximum atomic E-state index is 11.8. The number of rotatable bonds is 14. The molecule has 0 heterocycles. The highest BCUT2D eigenvalue weighted by molar-refractivity contribution is 5.77. The third-order valence-corrected chi connectivity index (χ3v) is 4.40. The van der Waals surface area contributed by atoms with Gasteiger partial charge in [0.2, 0.25) is 0 Å². The van der Waals surface area contributed by atoms with Crippen LogP contribution in [0.5, 0.6) is 5.75 Å². The van der Waals surface area contributed by atoms with Gasteiger partial charge >= 0.3 is 5.97 Å². The molecule has 1 aromatic carbocycles. The summed E-state index contributed by atoms with van der Waals surface area (Å²) in [5.41, 5.74) is 2.08. The Morgan fingerprint density at radius 3 is 2.04 bits per heavy atom. The average molecular weight is 363 g/mol. The van der Waals surface area contributed by atoms with Crippen LogP contribution in [0.1, 0.15) is 68.9 Å². The van der Waals surface area contributed by atoms with Crippen LogP contribution in [0.3, 0.4) is 0 Å². The highest BCUT2D eigenvalue weighted by Gasteiger charge is 2.06. The van der Waals surface area contributed by atoms with Gasteiger partial charge in [-0.15, -0.1) is 0 Å². The van der Waals surface area contributed by atoms with Gasteiger partial charge in [0.05, 0.1) is 0 Å². The van der Waals surface area contributed by atoms with E-state index in [-0.39, 0.29) is 18.9 Å². The van der Waals surface area contributed by atoms with E-state index in [2.05, 4.69) is 5.32 Å². The van der Waals surface area contributed by atoms with E-state index in [1.165, 1.54) is 6.42 Å². The van der Waals surface area contributed by atoms with E-state index in [9.17, 15) is 9.59 Å². The van der Waals surface area contributed by atoms with Gasteiger partial charge < -0.3 is 15.2 Å². The normalized spacial score (nSPS) is 10.5. The lowest BCUT2D eigenvalue weighted by molar-refractivity contribution is -0.137. The van der Waals surface area contributed by atoms with Gasteiger partial charge in [-0.05, 0) is 37.8 Å². The summed E-state index contributed by atoms with van der Waals surface area (Å²) in [6.45, 7) is 4.70. The third kappa shape index (κ3) is 10.1. The van der Waals surface area contributed by atoms with Gasteiger partial charge in [0.1, 0.15) is 5.75 Å². The lowest BCUT2D eigenvalue weighted by Gasteiger charge is -2.12. The van der Waals surface area contributed by atoms with E-state index in [0.29, 0.717) is 6.54 Å². The van der Waals surface area contributed by atoms with Crippen LogP contribution in [-0.4, -0.2) is 30.1 Å². The summed E-state index contributed by atoms with van der Waals surface area (Å²) in [4.78, 5) is 22.2. The van der Waals surface area contributed by atoms with Crippen LogP contribution in [0.4, 0.5) is 0 Å². The number of amides is 1. The molecular weight excluding hydrogens is 330 g/mol. The summed E-state index contributed by atoms with van der Waals surface area (Å²) in [5, 5.41) is 11.5. The molecule has 0 fully saturated rings. The predicted octanol–water partition coefficient (Wildman–Crippen LogP) is 4.39. The van der Waals surface area contributed by atoms with Gasteiger partial charge in [-0.2, -0.15) is 0 Å². The molecule has 5 nitrogen and oxygen atoms in total. The summed E-state index contributed by atoms with van der Waals surface area (Å²) in [7, 11) is 0. The minimum atomic E-state index is -0.702. The maximum absolute atomic E-state index is 11.8. The zero-order valence-corrected chi connectivity index (χ0v) is 16.2. The number of benzene rings is 1. The van der Waals surface area contributed by atoms with Gasteiger partial charge in [-0.1, -0.05) is 56.7 Å². The molecule has 146 valence electrons. The molecule has 0 aliphatic heterocycles. The fourth-order valence-electron chi connectivity index (χ4n) is 2.91. The first-order chi connectivity index (χ1) is 12.5. The lowest BCUT2D eigenvalue weighted by Crippen LogP contribution is -2.29. The number of carboxylic acid groups (broad SMARTS) is 1. The van der Waals surface area contributed by atoms with Crippen molar-refractivity contribution in [1.82, 2.24) is 5.32 Å². The highest BCUT2D eigenvalue weighted by Crippen LogP contribution is 2.21. The van der Waals surface area contributed by atoms with Crippen molar-refractivity contribution in [2.24, 2.45) is 0 Å². The molecule has 26 heavy (non-hydrogen) atoms. The molecule has 5 heteroatoms. The van der Waals surface area contributed by atoms with Crippen LogP contribution < -0.4 is 10.1 Å². The SMILES string of the molecule is Cc1cccc(C)c1OCC(=O)NCCCCCCCCCCC(=O)O. The summed E-state index contributed by atoms with van der Waals surface area (Å²) in [6, 6.07) is 5.94. The minimum Gasteiger partial charge on any atom is -0.483 e. The number of unbranched alkanes of at least 4 members (excludes halogenated alkanes) is 7. The third-order valence-electron chi connectivity index (χ3n) is 4.40. The molecule has 0 spiro atoms. The topological polar surface area (TPSA) is 75.6 Å². The number of carbonyl (C=O) groups is 2. The van der Waals surface area contributed by atoms with Gasteiger partial charge in [0.15, 0.2) is 6.61 Å². The molecular formula is C21H33NO4. The molecule has 0 aromatic heterocycles. The molecule has 0 saturated carbocycles. The Balaban J connectivity index is 1.96. The molecule has 0 aliphatic carbocycles. The number of ether oxygens (including phenoxy) is 1. The predicted molar refractivity (Wildman–Crippen MR) is 104 cm³/mol. The molecule has 0 aliphatic rings. The first kappa shape index (κ1) is 22.0. The van der Waals surface area contributed by atoms with E-state index in [1.54, 1.807) is 0 Å². The van der Waals surface area contributed by atoms with E-state index >= 15 is 0 Å². The molecule has 0 radical (unpaired) electrons. The van der Waals surface area contributed by atoms with Gasteiger partial charge in [-0.25, -0.2) is 0 Å². The van der Waals surface area contributed by atoms with Crippen LogP contribution >= 0.6 is 0 Å². The summed E-state index contributed by atoms with van der Waals surface area (Å²) < 4.78 is 5.64. The smallest absolute Gasteiger partial charge is 0.303 e. The fourth-order valence-corrected chi connectivity index (χ4v) is 2.91. The Bertz CT molecular complexity index is 537. The van der Waals surface area contributed by atoms with Crippen molar-refractivity contribution in [2.75, 3.05) is 13.2 Å². The Hall–Kier alpha value is -2.04. The van der Waals surface area contributed by atoms with Crippen molar-refractivity contribution in [1.29, 1.82) is 0 Å². The van der Waals surface area contributed by atoms with E-state index in [0.717, 1.165) is 61.8 Å². The number of para-hydroxylation sites is 1. The van der Waals surface area contributed by atoms with E-state index in [4.69, 9.17) is 9.84 Å². The van der Waals surface area contributed by atoms with Crippen molar-refractivity contribution in [2.45, 2.75) is 71.6 Å². The van der Waals surface area contributed by atoms with E-state index < -0.39 is 5.97 Å². The Kier molecular flexibility index (Phi) is 11.2. The van der Waals surface area contributed by atoms with Crippen molar-refractivity contribution in [3.63, 3.8) is 0 Å². The molecule has 1 rings (SSSR count). The number of carboxylic acids is 1. The minimum absolute atomic E-state index is 0.0576. The second-order valence-electron chi connectivity index (χ2n) is 6.83. The first-order valence-corrected chi connectivity index (χ1v) is 9.68. The average Bonchev–Trinajstić information content (AvgIpc) is 2.59. The molecule has 2 N–H and O–H groups in total. The van der Waals surface area contributed by atoms with Crippen molar-refractivity contribution in [3.05, 3.63) is 29.3 Å². The van der Waals surface area contributed by atoms with Crippen LogP contribution in [0.2, 0.25) is 0 Å². The van der Waals surface area contributed by atoms with Crippen LogP contribution in [0, 0.1) is 13.8 Å². The largest absolute Gasteiger partial charge is 0.483 e. The Morgan fingerprint density at radius 2 is 1.46 bits per heavy atom.